The van der Waals surface area contributed by atoms with Crippen LogP contribution in [-0.2, 0) is 0 Å². The van der Waals surface area contributed by atoms with Gasteiger partial charge in [0.15, 0.2) is 5.82 Å². The summed E-state index contributed by atoms with van der Waals surface area (Å²) in [6.45, 7) is 0. The zero-order valence-electron chi connectivity index (χ0n) is 30.1. The summed E-state index contributed by atoms with van der Waals surface area (Å²) in [4.78, 5) is 14.4. The molecule has 0 unspecified atom stereocenters. The van der Waals surface area contributed by atoms with E-state index in [1.807, 2.05) is 60.1 Å². The maximum absolute atomic E-state index is 6.74. The first-order valence-electron chi connectivity index (χ1n) is 18.7. The minimum absolute atomic E-state index is 0.676. The van der Waals surface area contributed by atoms with E-state index in [2.05, 4.69) is 145 Å². The summed E-state index contributed by atoms with van der Waals surface area (Å²) < 4.78 is 9.32. The number of thiophene rings is 1. The zero-order chi connectivity index (χ0) is 37.0. The SMILES string of the molecule is c1ccc(-c2cc(-c3ccc(-c4ccc(-c5cccc6c5sc5ccccc56)c5c4oc4ccccc45)cc3)nc(-c3cccc(-c4ccncc4)c3)n2)cc1. The molecule has 0 radical (unpaired) electrons. The van der Waals surface area contributed by atoms with Crippen molar-refractivity contribution in [1.82, 2.24) is 15.0 Å². The van der Waals surface area contributed by atoms with Crippen LogP contribution in [0.2, 0.25) is 0 Å². The Labute approximate surface area is 327 Å². The van der Waals surface area contributed by atoms with Gasteiger partial charge < -0.3 is 4.42 Å². The van der Waals surface area contributed by atoms with Crippen LogP contribution in [0.1, 0.15) is 0 Å². The van der Waals surface area contributed by atoms with Gasteiger partial charge in [-0.15, -0.1) is 11.3 Å². The topological polar surface area (TPSA) is 51.8 Å². The molecule has 0 saturated heterocycles. The van der Waals surface area contributed by atoms with Crippen LogP contribution in [0.5, 0.6) is 0 Å². The van der Waals surface area contributed by atoms with Crippen LogP contribution < -0.4 is 0 Å². The number of hydrogen-bond donors (Lipinski definition) is 0. The van der Waals surface area contributed by atoms with Crippen molar-refractivity contribution in [2.24, 2.45) is 0 Å². The van der Waals surface area contributed by atoms with Gasteiger partial charge in [-0.3, -0.25) is 4.98 Å². The molecule has 0 bridgehead atoms. The lowest BCUT2D eigenvalue weighted by atomic mass is 9.93. The van der Waals surface area contributed by atoms with Gasteiger partial charge in [-0.05, 0) is 64.7 Å². The largest absolute Gasteiger partial charge is 0.455 e. The molecule has 11 aromatic rings. The highest BCUT2D eigenvalue weighted by Crippen LogP contribution is 2.46. The van der Waals surface area contributed by atoms with E-state index < -0.39 is 0 Å². The number of furan rings is 1. The van der Waals surface area contributed by atoms with Gasteiger partial charge in [-0.2, -0.15) is 0 Å². The smallest absolute Gasteiger partial charge is 0.160 e. The summed E-state index contributed by atoms with van der Waals surface area (Å²) in [6.07, 6.45) is 3.63. The molecule has 5 heteroatoms. The number of hydrogen-bond acceptors (Lipinski definition) is 5. The van der Waals surface area contributed by atoms with E-state index in [1.54, 1.807) is 0 Å². The van der Waals surface area contributed by atoms with Gasteiger partial charge in [-0.1, -0.05) is 133 Å². The molecule has 262 valence electrons. The van der Waals surface area contributed by atoms with Crippen LogP contribution in [0.15, 0.2) is 193 Å². The maximum Gasteiger partial charge on any atom is 0.160 e. The molecule has 11 rings (SSSR count). The fourth-order valence-electron chi connectivity index (χ4n) is 7.92. The number of fused-ring (bicyclic) bond motifs is 6. The van der Waals surface area contributed by atoms with Crippen molar-refractivity contribution >= 4 is 53.4 Å². The van der Waals surface area contributed by atoms with Crippen molar-refractivity contribution in [2.45, 2.75) is 0 Å². The predicted molar refractivity (Wildman–Crippen MR) is 233 cm³/mol. The summed E-state index contributed by atoms with van der Waals surface area (Å²) in [7, 11) is 0. The molecular formula is C51H31N3OS. The lowest BCUT2D eigenvalue weighted by Crippen LogP contribution is -1.96. The van der Waals surface area contributed by atoms with Gasteiger partial charge in [0.25, 0.3) is 0 Å². The van der Waals surface area contributed by atoms with Gasteiger partial charge in [0.2, 0.25) is 0 Å². The van der Waals surface area contributed by atoms with E-state index in [0.717, 1.165) is 72.3 Å². The zero-order valence-corrected chi connectivity index (χ0v) is 30.9. The Balaban J connectivity index is 1.03. The first-order chi connectivity index (χ1) is 27.7. The van der Waals surface area contributed by atoms with Gasteiger partial charge in [0.05, 0.1) is 11.4 Å². The molecule has 7 aromatic carbocycles. The maximum atomic E-state index is 6.74. The van der Waals surface area contributed by atoms with Crippen LogP contribution in [0.3, 0.4) is 0 Å². The van der Waals surface area contributed by atoms with Crippen molar-refractivity contribution in [2.75, 3.05) is 0 Å². The molecule has 0 spiro atoms. The lowest BCUT2D eigenvalue weighted by molar-refractivity contribution is 0.670. The minimum atomic E-state index is 0.676. The van der Waals surface area contributed by atoms with E-state index in [-0.39, 0.29) is 0 Å². The Morgan fingerprint density at radius 1 is 0.411 bits per heavy atom. The van der Waals surface area contributed by atoms with Crippen LogP contribution in [0.25, 0.3) is 109 Å². The van der Waals surface area contributed by atoms with Crippen LogP contribution >= 0.6 is 11.3 Å². The highest BCUT2D eigenvalue weighted by molar-refractivity contribution is 7.26. The lowest BCUT2D eigenvalue weighted by Gasteiger charge is -2.12. The summed E-state index contributed by atoms with van der Waals surface area (Å²) in [6, 6.07) is 61.7. The Morgan fingerprint density at radius 2 is 1.05 bits per heavy atom. The fraction of sp³-hybridized carbons (Fsp3) is 0. The van der Waals surface area contributed by atoms with Crippen molar-refractivity contribution in [3.8, 4) is 67.3 Å². The monoisotopic (exact) mass is 733 g/mol. The highest BCUT2D eigenvalue weighted by Gasteiger charge is 2.20. The Kier molecular flexibility index (Phi) is 7.64. The van der Waals surface area contributed by atoms with Gasteiger partial charge >= 0.3 is 0 Å². The van der Waals surface area contributed by atoms with E-state index >= 15 is 0 Å². The van der Waals surface area contributed by atoms with Crippen LogP contribution in [0.4, 0.5) is 0 Å². The summed E-state index contributed by atoms with van der Waals surface area (Å²) in [5, 5.41) is 4.83. The quantitative estimate of drug-likeness (QED) is 0.171. The minimum Gasteiger partial charge on any atom is -0.455 e. The van der Waals surface area contributed by atoms with Gasteiger partial charge in [-0.25, -0.2) is 9.97 Å². The summed E-state index contributed by atoms with van der Waals surface area (Å²) in [5.41, 5.74) is 13.2. The molecule has 0 atom stereocenters. The third-order valence-electron chi connectivity index (χ3n) is 10.6. The molecular weight excluding hydrogens is 703 g/mol. The van der Waals surface area contributed by atoms with Crippen molar-refractivity contribution < 1.29 is 4.42 Å². The molecule has 4 nitrogen and oxygen atoms in total. The molecule has 4 aromatic heterocycles. The summed E-state index contributed by atoms with van der Waals surface area (Å²) >= 11 is 1.85. The van der Waals surface area contributed by atoms with Crippen molar-refractivity contribution in [3.05, 3.63) is 188 Å². The second-order valence-electron chi connectivity index (χ2n) is 14.0. The highest BCUT2D eigenvalue weighted by atomic mass is 32.1. The van der Waals surface area contributed by atoms with Gasteiger partial charge in [0, 0.05) is 71.2 Å². The van der Waals surface area contributed by atoms with Crippen molar-refractivity contribution in [1.29, 1.82) is 0 Å². The molecule has 0 aliphatic heterocycles. The molecule has 4 heterocycles. The van der Waals surface area contributed by atoms with E-state index in [9.17, 15) is 0 Å². The summed E-state index contributed by atoms with van der Waals surface area (Å²) in [5.74, 6) is 0.676. The molecule has 0 N–H and O–H groups in total. The molecule has 0 aliphatic carbocycles. The number of aromatic nitrogens is 3. The Morgan fingerprint density at radius 3 is 1.89 bits per heavy atom. The fourth-order valence-corrected chi connectivity index (χ4v) is 9.15. The Bertz CT molecular complexity index is 3240. The average molecular weight is 734 g/mol. The normalized spacial score (nSPS) is 11.6. The Hall–Kier alpha value is -7.21. The van der Waals surface area contributed by atoms with Crippen LogP contribution in [-0.4, -0.2) is 15.0 Å². The second kappa shape index (κ2) is 13.3. The van der Waals surface area contributed by atoms with Crippen LogP contribution in [0, 0.1) is 0 Å². The number of nitrogens with zero attached hydrogens (tertiary/aromatic N) is 3. The second-order valence-corrected chi connectivity index (χ2v) is 15.0. The van der Waals surface area contributed by atoms with Gasteiger partial charge in [0.1, 0.15) is 11.2 Å². The first-order valence-corrected chi connectivity index (χ1v) is 19.5. The first kappa shape index (κ1) is 32.2. The van der Waals surface area contributed by atoms with E-state index in [1.165, 1.54) is 31.3 Å². The molecule has 0 aliphatic rings. The molecule has 56 heavy (non-hydrogen) atoms. The van der Waals surface area contributed by atoms with E-state index in [0.29, 0.717) is 5.82 Å². The molecule has 0 fully saturated rings. The van der Waals surface area contributed by atoms with Crippen molar-refractivity contribution in [3.63, 3.8) is 0 Å². The number of rotatable bonds is 6. The number of para-hydroxylation sites is 1. The van der Waals surface area contributed by atoms with E-state index in [4.69, 9.17) is 14.4 Å². The molecule has 0 saturated carbocycles. The number of pyridine rings is 1. The number of benzene rings is 7. The average Bonchev–Trinajstić information content (AvgIpc) is 3.86. The predicted octanol–water partition coefficient (Wildman–Crippen LogP) is 14.1. The third kappa shape index (κ3) is 5.48. The standard InChI is InChI=1S/C51H31N3OS/c1-2-10-34(11-3-1)44-31-45(54-51(53-44)37-13-8-12-36(30-37)32-26-28-52-29-27-32)35-22-20-33(21-23-35)38-24-25-40(48-43-15-4-6-18-46(43)55-49(38)48)42-17-9-16-41-39-14-5-7-19-47(39)56-50(41)42/h1-31H. The molecule has 0 amide bonds. The third-order valence-corrected chi connectivity index (χ3v) is 11.9.